The molecule has 0 atom stereocenters. The summed E-state index contributed by atoms with van der Waals surface area (Å²) in [6.45, 7) is 4.82. The molecule has 0 fully saturated rings. The Bertz CT molecular complexity index is 62.0. The summed E-state index contributed by atoms with van der Waals surface area (Å²) in [7, 11) is 3.37. The molecule has 0 heterocycles. The maximum atomic E-state index is 2.77. The number of rotatable bonds is 4. The zero-order valence-corrected chi connectivity index (χ0v) is 15.3. The quantitative estimate of drug-likeness (QED) is 0.431. The molecule has 0 aliphatic rings. The second-order valence-corrected chi connectivity index (χ2v) is 17.7. The maximum absolute atomic E-state index is 2.77. The summed E-state index contributed by atoms with van der Waals surface area (Å²) in [5, 5.41) is 0. The summed E-state index contributed by atoms with van der Waals surface area (Å²) in [6.07, 6.45) is 0. The Morgan fingerprint density at radius 3 is 1.56 bits per heavy atom. The standard InChI is InChI=1S/C2H18N2Si5/c1-7-3(5)9-4(6)8-2/h7-9H2,1-2,5-6H3. The molecule has 0 aromatic rings. The first-order chi connectivity index (χ1) is 4.20. The van der Waals surface area contributed by atoms with Gasteiger partial charge in [0, 0.05) is 0 Å². The lowest BCUT2D eigenvalue weighted by molar-refractivity contribution is 0.974. The van der Waals surface area contributed by atoms with E-state index < -0.39 is 0 Å². The van der Waals surface area contributed by atoms with E-state index in [0.29, 0.717) is 0 Å². The van der Waals surface area contributed by atoms with Crippen LogP contribution in [-0.4, -0.2) is 57.8 Å². The highest BCUT2D eigenvalue weighted by molar-refractivity contribution is 6.67. The lowest BCUT2D eigenvalue weighted by Crippen LogP contribution is -2.41. The van der Waals surface area contributed by atoms with E-state index in [1.807, 2.05) is 0 Å². The van der Waals surface area contributed by atoms with E-state index in [4.69, 9.17) is 0 Å². The van der Waals surface area contributed by atoms with Crippen LogP contribution in [0.25, 0.3) is 0 Å². The molecule has 0 radical (unpaired) electrons. The lowest BCUT2D eigenvalue weighted by atomic mass is 11.9. The molecule has 0 amide bonds. The molecule has 7 heteroatoms. The SMILES string of the molecule is C[SiH2]N([SiH3])[SiH2]N([SiH3])[SiH2]C. The molecule has 0 saturated carbocycles. The molecule has 56 valence electrons. The Morgan fingerprint density at radius 2 is 1.33 bits per heavy atom. The largest absolute Gasteiger partial charge is 0.374 e. The number of nitrogens with zero attached hydrogens (tertiary/aromatic N) is 2. The highest BCUT2D eigenvalue weighted by Gasteiger charge is 1.97. The van der Waals surface area contributed by atoms with E-state index in [9.17, 15) is 0 Å². The van der Waals surface area contributed by atoms with Crippen LogP contribution >= 0.6 is 0 Å². The van der Waals surface area contributed by atoms with Crippen molar-refractivity contribution in [2.24, 2.45) is 0 Å². The summed E-state index contributed by atoms with van der Waals surface area (Å²) in [4.78, 5) is 0. The molecule has 0 aliphatic heterocycles. The van der Waals surface area contributed by atoms with E-state index in [-0.39, 0.29) is 29.2 Å². The Kier molecular flexibility index (Phi) is 6.41. The van der Waals surface area contributed by atoms with Gasteiger partial charge in [-0.1, -0.05) is 13.1 Å². The van der Waals surface area contributed by atoms with Crippen molar-refractivity contribution in [3.05, 3.63) is 0 Å². The fraction of sp³-hybridized carbons (Fsp3) is 1.00. The van der Waals surface area contributed by atoms with E-state index >= 15 is 0 Å². The molecule has 0 aromatic heterocycles. The second-order valence-electron chi connectivity index (χ2n) is 2.49. The topological polar surface area (TPSA) is 6.48 Å². The molecule has 0 rings (SSSR count). The first kappa shape index (κ1) is 10.0. The molecule has 0 bridgehead atoms. The van der Waals surface area contributed by atoms with Gasteiger partial charge in [-0.2, -0.15) is 0 Å². The van der Waals surface area contributed by atoms with Gasteiger partial charge >= 0.3 is 0 Å². The summed E-state index contributed by atoms with van der Waals surface area (Å²) < 4.78 is 5.53. The van der Waals surface area contributed by atoms with Crippen LogP contribution < -0.4 is 0 Å². The molecule has 0 spiro atoms. The average Bonchev–Trinajstić information content (AvgIpc) is 1.87. The minimum Gasteiger partial charge on any atom is -0.374 e. The van der Waals surface area contributed by atoms with Crippen LogP contribution in [0.2, 0.25) is 13.1 Å². The normalized spacial score (nSPS) is 16.0. The summed E-state index contributed by atoms with van der Waals surface area (Å²) in [5.41, 5.74) is 0. The first-order valence-corrected chi connectivity index (χ1v) is 10.7. The predicted octanol–water partition coefficient (Wildman–Crippen LogP) is -4.59. The zero-order valence-electron chi connectivity index (χ0n) is 7.02. The van der Waals surface area contributed by atoms with Crippen molar-refractivity contribution in [3.63, 3.8) is 0 Å². The van der Waals surface area contributed by atoms with Crippen molar-refractivity contribution >= 4 is 50.0 Å². The molecular weight excluding hydrogens is 192 g/mol. The Balaban J connectivity index is 3.22. The Labute approximate surface area is 71.2 Å². The predicted molar refractivity (Wildman–Crippen MR) is 60.9 cm³/mol. The van der Waals surface area contributed by atoms with Gasteiger partial charge in [-0.3, -0.25) is 0 Å². The molecule has 0 N–H and O–H groups in total. The smallest absolute Gasteiger partial charge is 0.144 e. The van der Waals surface area contributed by atoms with E-state index in [0.717, 1.165) is 0 Å². The van der Waals surface area contributed by atoms with E-state index in [1.165, 1.54) is 20.8 Å². The van der Waals surface area contributed by atoms with Crippen LogP contribution in [0.15, 0.2) is 0 Å². The van der Waals surface area contributed by atoms with Gasteiger partial charge in [-0.25, -0.2) is 0 Å². The third-order valence-corrected chi connectivity index (χ3v) is 14.1. The fourth-order valence-electron chi connectivity index (χ4n) is 0.612. The van der Waals surface area contributed by atoms with E-state index in [1.54, 1.807) is 0 Å². The molecule has 0 unspecified atom stereocenters. The van der Waals surface area contributed by atoms with Crippen LogP contribution in [0.3, 0.4) is 0 Å². The van der Waals surface area contributed by atoms with Gasteiger partial charge in [0.1, 0.15) is 9.84 Å². The van der Waals surface area contributed by atoms with Crippen molar-refractivity contribution < 1.29 is 0 Å². The minimum absolute atomic E-state index is 0.174. The first-order valence-electron chi connectivity index (χ1n) is 3.57. The van der Waals surface area contributed by atoms with Crippen molar-refractivity contribution in [2.45, 2.75) is 13.1 Å². The van der Waals surface area contributed by atoms with Gasteiger partial charge in [0.25, 0.3) is 0 Å². The monoisotopic (exact) mass is 210 g/mol. The van der Waals surface area contributed by atoms with E-state index in [2.05, 4.69) is 20.9 Å². The van der Waals surface area contributed by atoms with Gasteiger partial charge in [0.05, 0.1) is 40.2 Å². The van der Waals surface area contributed by atoms with Crippen molar-refractivity contribution in [1.82, 2.24) is 7.79 Å². The molecule has 0 aliphatic carbocycles. The maximum Gasteiger partial charge on any atom is 0.144 e. The molecule has 9 heavy (non-hydrogen) atoms. The molecule has 0 aromatic carbocycles. The van der Waals surface area contributed by atoms with Crippen LogP contribution in [0.4, 0.5) is 0 Å². The Hall–Kier alpha value is 1.00. The van der Waals surface area contributed by atoms with Crippen LogP contribution in [0, 0.1) is 0 Å². The van der Waals surface area contributed by atoms with Crippen molar-refractivity contribution in [2.75, 3.05) is 0 Å². The van der Waals surface area contributed by atoms with Gasteiger partial charge in [-0.15, -0.1) is 0 Å². The highest BCUT2D eigenvalue weighted by Crippen LogP contribution is 1.76. The molecular formula is C2H18N2Si5. The van der Waals surface area contributed by atoms with Gasteiger partial charge in [0.2, 0.25) is 0 Å². The highest BCUT2D eigenvalue weighted by atomic mass is 28.4. The number of hydrogen-bond donors (Lipinski definition) is 0. The minimum atomic E-state index is 0.174. The van der Waals surface area contributed by atoms with Crippen molar-refractivity contribution in [1.29, 1.82) is 0 Å². The van der Waals surface area contributed by atoms with Gasteiger partial charge in [0.15, 0.2) is 0 Å². The van der Waals surface area contributed by atoms with Crippen LogP contribution in [0.1, 0.15) is 0 Å². The second kappa shape index (κ2) is 5.76. The summed E-state index contributed by atoms with van der Waals surface area (Å²) in [6, 6.07) is 0. The average molecular weight is 211 g/mol. The summed E-state index contributed by atoms with van der Waals surface area (Å²) >= 11 is 0. The third-order valence-electron chi connectivity index (χ3n) is 1.56. The van der Waals surface area contributed by atoms with Crippen LogP contribution in [-0.2, 0) is 0 Å². The Morgan fingerprint density at radius 1 is 1.00 bits per heavy atom. The molecule has 2 nitrogen and oxygen atoms in total. The van der Waals surface area contributed by atoms with Crippen molar-refractivity contribution in [3.8, 4) is 0 Å². The third kappa shape index (κ3) is 5.45. The van der Waals surface area contributed by atoms with Gasteiger partial charge in [-0.05, 0) is 0 Å². The molecule has 0 saturated heterocycles. The zero-order chi connectivity index (χ0) is 7.28. The number of hydrogen-bond acceptors (Lipinski definition) is 2. The fourth-order valence-corrected chi connectivity index (χ4v) is 12.9. The van der Waals surface area contributed by atoms with Crippen LogP contribution in [0.5, 0.6) is 0 Å². The lowest BCUT2D eigenvalue weighted by Gasteiger charge is -2.21. The van der Waals surface area contributed by atoms with Gasteiger partial charge < -0.3 is 7.79 Å². The summed E-state index contributed by atoms with van der Waals surface area (Å²) in [5.74, 6) is 0.